The Labute approximate surface area is 123 Å². The highest BCUT2D eigenvalue weighted by molar-refractivity contribution is 5.81. The van der Waals surface area contributed by atoms with E-state index < -0.39 is 6.10 Å². The van der Waals surface area contributed by atoms with Gasteiger partial charge in [0.15, 0.2) is 6.10 Å². The molecule has 5 nitrogen and oxygen atoms in total. The summed E-state index contributed by atoms with van der Waals surface area (Å²) >= 11 is 0. The number of halogens is 1. The van der Waals surface area contributed by atoms with Crippen LogP contribution < -0.4 is 4.74 Å². The van der Waals surface area contributed by atoms with Crippen molar-refractivity contribution in [2.75, 3.05) is 20.2 Å². The van der Waals surface area contributed by atoms with Crippen LogP contribution in [-0.2, 0) is 14.3 Å². The molecule has 0 N–H and O–H groups in total. The van der Waals surface area contributed by atoms with Crippen LogP contribution in [0.2, 0.25) is 0 Å². The third kappa shape index (κ3) is 5.81. The number of hydrogen-bond donors (Lipinski definition) is 0. The third-order valence-corrected chi connectivity index (χ3v) is 2.81. The second-order valence-electron chi connectivity index (χ2n) is 4.53. The first kappa shape index (κ1) is 16.9. The topological polar surface area (TPSA) is 55.8 Å². The molecule has 1 rings (SSSR count). The fraction of sp³-hybridized carbons (Fsp3) is 0.467. The van der Waals surface area contributed by atoms with Gasteiger partial charge in [-0.05, 0) is 38.1 Å². The Balaban J connectivity index is 2.45. The molecule has 0 aromatic heterocycles. The minimum atomic E-state index is -0.720. The molecule has 0 saturated heterocycles. The first-order valence-corrected chi connectivity index (χ1v) is 6.76. The zero-order chi connectivity index (χ0) is 15.8. The number of ether oxygens (including phenoxy) is 2. The molecule has 0 fully saturated rings. The van der Waals surface area contributed by atoms with Gasteiger partial charge in [0.05, 0.1) is 13.0 Å². The van der Waals surface area contributed by atoms with Crippen molar-refractivity contribution in [1.29, 1.82) is 0 Å². The van der Waals surface area contributed by atoms with E-state index in [0.717, 1.165) is 0 Å². The maximum atomic E-state index is 12.8. The van der Waals surface area contributed by atoms with Crippen LogP contribution in [0.15, 0.2) is 24.3 Å². The van der Waals surface area contributed by atoms with Crippen LogP contribution >= 0.6 is 0 Å². The van der Waals surface area contributed by atoms with E-state index in [1.54, 1.807) is 20.9 Å². The zero-order valence-corrected chi connectivity index (χ0v) is 12.5. The van der Waals surface area contributed by atoms with E-state index in [1.165, 1.54) is 29.2 Å². The predicted octanol–water partition coefficient (Wildman–Crippen LogP) is 2.00. The predicted molar refractivity (Wildman–Crippen MR) is 75.4 cm³/mol. The van der Waals surface area contributed by atoms with Crippen LogP contribution in [0.5, 0.6) is 5.75 Å². The lowest BCUT2D eigenvalue weighted by molar-refractivity contribution is -0.144. The molecule has 21 heavy (non-hydrogen) atoms. The summed E-state index contributed by atoms with van der Waals surface area (Å²) in [4.78, 5) is 24.7. The maximum Gasteiger partial charge on any atom is 0.307 e. The lowest BCUT2D eigenvalue weighted by atomic mass is 10.3. The number of carbonyl (C=O) groups is 2. The number of amides is 1. The van der Waals surface area contributed by atoms with Gasteiger partial charge in [-0.15, -0.1) is 0 Å². The highest BCUT2D eigenvalue weighted by atomic mass is 19.1. The number of esters is 1. The summed E-state index contributed by atoms with van der Waals surface area (Å²) in [5.74, 6) is -0.559. The molecule has 0 heterocycles. The van der Waals surface area contributed by atoms with Crippen LogP contribution in [0.1, 0.15) is 20.3 Å². The number of hydrogen-bond acceptors (Lipinski definition) is 4. The summed E-state index contributed by atoms with van der Waals surface area (Å²) in [6.07, 6.45) is -0.582. The first-order valence-electron chi connectivity index (χ1n) is 6.76. The number of rotatable bonds is 7. The van der Waals surface area contributed by atoms with Crippen molar-refractivity contribution in [3.8, 4) is 5.75 Å². The Hall–Kier alpha value is -2.11. The molecule has 1 atom stereocenters. The first-order chi connectivity index (χ1) is 9.93. The minimum Gasteiger partial charge on any atom is -0.481 e. The Morgan fingerprint density at radius 2 is 1.90 bits per heavy atom. The molecule has 1 unspecified atom stereocenters. The second-order valence-corrected chi connectivity index (χ2v) is 4.53. The molecule has 116 valence electrons. The number of likely N-dealkylation sites (N-methyl/N-ethyl adjacent to an activating group) is 1. The van der Waals surface area contributed by atoms with E-state index in [1.807, 2.05) is 0 Å². The van der Waals surface area contributed by atoms with E-state index in [4.69, 9.17) is 9.47 Å². The van der Waals surface area contributed by atoms with Crippen molar-refractivity contribution in [3.05, 3.63) is 30.1 Å². The van der Waals surface area contributed by atoms with Gasteiger partial charge in [-0.2, -0.15) is 0 Å². The minimum absolute atomic E-state index is 0.138. The van der Waals surface area contributed by atoms with Gasteiger partial charge in [-0.3, -0.25) is 9.59 Å². The van der Waals surface area contributed by atoms with E-state index in [-0.39, 0.29) is 30.7 Å². The van der Waals surface area contributed by atoms with E-state index in [9.17, 15) is 14.0 Å². The molecule has 6 heteroatoms. The monoisotopic (exact) mass is 297 g/mol. The van der Waals surface area contributed by atoms with Gasteiger partial charge < -0.3 is 14.4 Å². The number of benzene rings is 1. The largest absolute Gasteiger partial charge is 0.481 e. The van der Waals surface area contributed by atoms with Crippen molar-refractivity contribution in [1.82, 2.24) is 4.90 Å². The van der Waals surface area contributed by atoms with Gasteiger partial charge in [0.1, 0.15) is 11.6 Å². The molecule has 1 aromatic carbocycles. The maximum absolute atomic E-state index is 12.8. The van der Waals surface area contributed by atoms with Crippen LogP contribution in [0.3, 0.4) is 0 Å². The van der Waals surface area contributed by atoms with Crippen molar-refractivity contribution in [2.24, 2.45) is 0 Å². The number of carbonyl (C=O) groups excluding carboxylic acids is 2. The van der Waals surface area contributed by atoms with Gasteiger partial charge in [0, 0.05) is 13.6 Å². The Bertz CT molecular complexity index is 475. The lowest BCUT2D eigenvalue weighted by Gasteiger charge is -2.21. The fourth-order valence-corrected chi connectivity index (χ4v) is 1.68. The zero-order valence-electron chi connectivity index (χ0n) is 12.5. The molecule has 0 aliphatic rings. The molecule has 0 saturated carbocycles. The van der Waals surface area contributed by atoms with Gasteiger partial charge in [-0.1, -0.05) is 0 Å². The summed E-state index contributed by atoms with van der Waals surface area (Å²) in [6.45, 7) is 3.91. The molecular weight excluding hydrogens is 277 g/mol. The van der Waals surface area contributed by atoms with Gasteiger partial charge in [0.2, 0.25) is 0 Å². The quantitative estimate of drug-likeness (QED) is 0.722. The Morgan fingerprint density at radius 3 is 2.48 bits per heavy atom. The molecular formula is C15H20FNO4. The fourth-order valence-electron chi connectivity index (χ4n) is 1.68. The average molecular weight is 297 g/mol. The van der Waals surface area contributed by atoms with Crippen LogP contribution in [0.4, 0.5) is 4.39 Å². The summed E-state index contributed by atoms with van der Waals surface area (Å²) in [5, 5.41) is 0. The van der Waals surface area contributed by atoms with E-state index in [0.29, 0.717) is 12.4 Å². The van der Waals surface area contributed by atoms with Crippen molar-refractivity contribution < 1.29 is 23.5 Å². The summed E-state index contributed by atoms with van der Waals surface area (Å²) in [5.41, 5.74) is 0. The SMILES string of the molecule is CCOC(=O)CCN(C)C(=O)C(C)Oc1ccc(F)cc1. The summed E-state index contributed by atoms with van der Waals surface area (Å²) in [7, 11) is 1.59. The van der Waals surface area contributed by atoms with E-state index >= 15 is 0 Å². The highest BCUT2D eigenvalue weighted by Gasteiger charge is 2.19. The Morgan fingerprint density at radius 1 is 1.29 bits per heavy atom. The average Bonchev–Trinajstić information content (AvgIpc) is 2.46. The second kappa shape index (κ2) is 8.24. The molecule has 0 bridgehead atoms. The molecule has 0 aliphatic carbocycles. The molecule has 0 aliphatic heterocycles. The van der Waals surface area contributed by atoms with Crippen molar-refractivity contribution in [2.45, 2.75) is 26.4 Å². The standard InChI is InChI=1S/C15H20FNO4/c1-4-20-14(18)9-10-17(3)15(19)11(2)21-13-7-5-12(16)6-8-13/h5-8,11H,4,9-10H2,1-3H3. The van der Waals surface area contributed by atoms with Gasteiger partial charge in [-0.25, -0.2) is 4.39 Å². The third-order valence-electron chi connectivity index (χ3n) is 2.81. The van der Waals surface area contributed by atoms with Crippen LogP contribution in [0, 0.1) is 5.82 Å². The smallest absolute Gasteiger partial charge is 0.307 e. The molecule has 1 aromatic rings. The Kier molecular flexibility index (Phi) is 6.65. The molecule has 0 radical (unpaired) electrons. The van der Waals surface area contributed by atoms with Gasteiger partial charge >= 0.3 is 5.97 Å². The van der Waals surface area contributed by atoms with Crippen molar-refractivity contribution in [3.63, 3.8) is 0 Å². The lowest BCUT2D eigenvalue weighted by Crippen LogP contribution is -2.39. The summed E-state index contributed by atoms with van der Waals surface area (Å²) in [6, 6.07) is 5.43. The number of nitrogens with zero attached hydrogens (tertiary/aromatic N) is 1. The molecule has 0 spiro atoms. The normalized spacial score (nSPS) is 11.6. The van der Waals surface area contributed by atoms with Crippen molar-refractivity contribution >= 4 is 11.9 Å². The van der Waals surface area contributed by atoms with Crippen LogP contribution in [-0.4, -0.2) is 43.1 Å². The van der Waals surface area contributed by atoms with E-state index in [2.05, 4.69) is 0 Å². The summed E-state index contributed by atoms with van der Waals surface area (Å²) < 4.78 is 23.0. The van der Waals surface area contributed by atoms with Gasteiger partial charge in [0.25, 0.3) is 5.91 Å². The highest BCUT2D eigenvalue weighted by Crippen LogP contribution is 2.13. The van der Waals surface area contributed by atoms with Crippen LogP contribution in [0.25, 0.3) is 0 Å². The molecule has 1 amide bonds.